The molecule has 0 heterocycles. The van der Waals surface area contributed by atoms with Gasteiger partial charge in [0.2, 0.25) is 0 Å². The van der Waals surface area contributed by atoms with Crippen LogP contribution in [0, 0.1) is 0 Å². The van der Waals surface area contributed by atoms with Crippen LogP contribution in [0.3, 0.4) is 0 Å². The summed E-state index contributed by atoms with van der Waals surface area (Å²) in [5.74, 6) is 0.363. The first-order valence-corrected chi connectivity index (χ1v) is 11.5. The molecule has 0 aliphatic carbocycles. The Bertz CT molecular complexity index is 911. The average Bonchev–Trinajstić information content (AvgIpc) is 2.77. The van der Waals surface area contributed by atoms with E-state index >= 15 is 0 Å². The zero-order valence-corrected chi connectivity index (χ0v) is 18.7. The molecular formula is C28H32S. The van der Waals surface area contributed by atoms with E-state index in [-0.39, 0.29) is 0 Å². The molecule has 0 spiro atoms. The second-order valence-electron chi connectivity index (χ2n) is 6.83. The lowest BCUT2D eigenvalue weighted by molar-refractivity contribution is 0.790. The van der Waals surface area contributed by atoms with Gasteiger partial charge in [-0.15, -0.1) is 11.8 Å². The molecule has 29 heavy (non-hydrogen) atoms. The molecule has 0 N–H and O–H groups in total. The highest BCUT2D eigenvalue weighted by atomic mass is 32.2. The maximum atomic E-state index is 4.11. The molecular weight excluding hydrogens is 368 g/mol. The highest BCUT2D eigenvalue weighted by molar-refractivity contribution is 7.98. The van der Waals surface area contributed by atoms with Gasteiger partial charge in [-0.1, -0.05) is 99.9 Å². The predicted molar refractivity (Wildman–Crippen MR) is 133 cm³/mol. The molecule has 2 rings (SSSR count). The molecule has 0 aromatic heterocycles. The predicted octanol–water partition coefficient (Wildman–Crippen LogP) is 8.71. The van der Waals surface area contributed by atoms with Crippen molar-refractivity contribution in [3.8, 4) is 0 Å². The molecule has 0 nitrogen and oxygen atoms in total. The lowest BCUT2D eigenvalue weighted by Gasteiger charge is -2.17. The average molecular weight is 401 g/mol. The lowest BCUT2D eigenvalue weighted by atomic mass is 9.91. The first-order chi connectivity index (χ1) is 14.2. The minimum absolute atomic E-state index is 0.363. The highest BCUT2D eigenvalue weighted by Gasteiger charge is 2.12. The van der Waals surface area contributed by atoms with E-state index in [1.54, 1.807) is 0 Å². The van der Waals surface area contributed by atoms with Gasteiger partial charge in [-0.05, 0) is 59.1 Å². The monoisotopic (exact) mass is 400 g/mol. The van der Waals surface area contributed by atoms with E-state index in [9.17, 15) is 0 Å². The van der Waals surface area contributed by atoms with Gasteiger partial charge in [0.25, 0.3) is 0 Å². The van der Waals surface area contributed by atoms with E-state index in [4.69, 9.17) is 0 Å². The summed E-state index contributed by atoms with van der Waals surface area (Å²) in [7, 11) is 0. The van der Waals surface area contributed by atoms with Crippen molar-refractivity contribution < 1.29 is 0 Å². The van der Waals surface area contributed by atoms with Crippen molar-refractivity contribution in [1.29, 1.82) is 0 Å². The molecule has 0 amide bonds. The molecule has 1 unspecified atom stereocenters. The number of rotatable bonds is 10. The molecule has 0 aliphatic heterocycles. The second-order valence-corrected chi connectivity index (χ2v) is 7.67. The third-order valence-electron chi connectivity index (χ3n) is 4.94. The molecule has 0 radical (unpaired) electrons. The van der Waals surface area contributed by atoms with Crippen molar-refractivity contribution in [3.63, 3.8) is 0 Å². The summed E-state index contributed by atoms with van der Waals surface area (Å²) in [5, 5.41) is 0. The fourth-order valence-corrected chi connectivity index (χ4v) is 4.12. The summed E-state index contributed by atoms with van der Waals surface area (Å²) in [5.41, 5.74) is 6.20. The van der Waals surface area contributed by atoms with E-state index in [1.165, 1.54) is 32.7 Å². The van der Waals surface area contributed by atoms with Crippen LogP contribution in [0.2, 0.25) is 0 Å². The van der Waals surface area contributed by atoms with Crippen LogP contribution in [0.5, 0.6) is 0 Å². The molecule has 0 fully saturated rings. The van der Waals surface area contributed by atoms with Crippen LogP contribution < -0.4 is 0 Å². The Labute approximate surface area is 181 Å². The topological polar surface area (TPSA) is 0 Å². The minimum atomic E-state index is 0.363. The van der Waals surface area contributed by atoms with Crippen LogP contribution in [0.15, 0.2) is 103 Å². The van der Waals surface area contributed by atoms with Crippen molar-refractivity contribution >= 4 is 22.9 Å². The molecule has 2 aromatic rings. The van der Waals surface area contributed by atoms with Gasteiger partial charge >= 0.3 is 0 Å². The first-order valence-electron chi connectivity index (χ1n) is 10.3. The molecule has 0 saturated carbocycles. The second kappa shape index (κ2) is 12.1. The van der Waals surface area contributed by atoms with Gasteiger partial charge in [-0.2, -0.15) is 0 Å². The van der Waals surface area contributed by atoms with E-state index in [1.807, 2.05) is 30.0 Å². The van der Waals surface area contributed by atoms with E-state index < -0.39 is 0 Å². The maximum Gasteiger partial charge on any atom is 0.0107 e. The van der Waals surface area contributed by atoms with Gasteiger partial charge in [0.1, 0.15) is 0 Å². The lowest BCUT2D eigenvalue weighted by Crippen LogP contribution is -1.97. The summed E-state index contributed by atoms with van der Waals surface area (Å²) in [6, 6.07) is 17.4. The number of allylic oxidation sites excluding steroid dienone is 8. The van der Waals surface area contributed by atoms with Crippen molar-refractivity contribution in [2.75, 3.05) is 6.26 Å². The zero-order valence-electron chi connectivity index (χ0n) is 17.9. The fraction of sp³-hybridized carbons (Fsp3) is 0.214. The van der Waals surface area contributed by atoms with E-state index in [0.717, 1.165) is 12.8 Å². The summed E-state index contributed by atoms with van der Waals surface area (Å²) >= 11 is 1.81. The molecule has 0 saturated heterocycles. The largest absolute Gasteiger partial charge is 0.129 e. The summed E-state index contributed by atoms with van der Waals surface area (Å²) in [6.07, 6.45) is 16.7. The molecule has 1 heteroatoms. The van der Waals surface area contributed by atoms with Crippen LogP contribution >= 0.6 is 11.8 Å². The molecule has 2 aromatic carbocycles. The molecule has 0 aliphatic rings. The third-order valence-corrected chi connectivity index (χ3v) is 5.76. The van der Waals surface area contributed by atoms with E-state index in [2.05, 4.69) is 100 Å². The molecule has 150 valence electrons. The maximum absolute atomic E-state index is 4.11. The quantitative estimate of drug-likeness (QED) is 0.284. The van der Waals surface area contributed by atoms with Crippen LogP contribution in [0.25, 0.3) is 11.1 Å². The van der Waals surface area contributed by atoms with Gasteiger partial charge in [0.15, 0.2) is 0 Å². The summed E-state index contributed by atoms with van der Waals surface area (Å²) in [6.45, 7) is 12.3. The number of hydrogen-bond acceptors (Lipinski definition) is 1. The van der Waals surface area contributed by atoms with Crippen molar-refractivity contribution in [3.05, 3.63) is 115 Å². The van der Waals surface area contributed by atoms with Crippen molar-refractivity contribution in [2.24, 2.45) is 0 Å². The zero-order chi connectivity index (χ0) is 21.1. The van der Waals surface area contributed by atoms with Crippen LogP contribution in [0.4, 0.5) is 0 Å². The van der Waals surface area contributed by atoms with Crippen molar-refractivity contribution in [2.45, 2.75) is 37.5 Å². The van der Waals surface area contributed by atoms with Crippen molar-refractivity contribution in [1.82, 2.24) is 0 Å². The minimum Gasteiger partial charge on any atom is -0.129 e. The van der Waals surface area contributed by atoms with Gasteiger partial charge < -0.3 is 0 Å². The number of thioether (sulfide) groups is 1. The van der Waals surface area contributed by atoms with Crippen LogP contribution in [0.1, 0.15) is 49.3 Å². The summed E-state index contributed by atoms with van der Waals surface area (Å²) in [4.78, 5) is 1.34. The third kappa shape index (κ3) is 6.24. The number of benzene rings is 2. The smallest absolute Gasteiger partial charge is 0.0107 e. The fourth-order valence-electron chi connectivity index (χ4n) is 3.45. The molecule has 0 bridgehead atoms. The van der Waals surface area contributed by atoms with Gasteiger partial charge in [-0.25, -0.2) is 0 Å². The normalized spacial score (nSPS) is 13.5. The Balaban J connectivity index is 2.47. The Morgan fingerprint density at radius 2 is 1.72 bits per heavy atom. The van der Waals surface area contributed by atoms with Crippen LogP contribution in [-0.2, 0) is 0 Å². The highest BCUT2D eigenvalue weighted by Crippen LogP contribution is 2.33. The van der Waals surface area contributed by atoms with Gasteiger partial charge in [-0.3, -0.25) is 0 Å². The standard InChI is InChI=1S/C28H32S/c1-6-10-15-24(14-7-2)26-17-13-16-25(21-26)22(8-3)20-23(9-4)27-18-11-12-19-28(27)29-5/h6,8,10-21,23H,1,3,7,9H2,2,4-5H3/b15-10-,22-20+,24-14+. The first kappa shape index (κ1) is 22.8. The summed E-state index contributed by atoms with van der Waals surface area (Å²) < 4.78 is 0. The Kier molecular flexibility index (Phi) is 9.53. The van der Waals surface area contributed by atoms with Gasteiger partial charge in [0, 0.05) is 10.8 Å². The molecule has 1 atom stereocenters. The Morgan fingerprint density at radius 3 is 2.34 bits per heavy atom. The van der Waals surface area contributed by atoms with E-state index in [0.29, 0.717) is 5.92 Å². The number of hydrogen-bond donors (Lipinski definition) is 0. The SMILES string of the molecule is C=C/C=C\C(=C/CC)c1cccc(/C(C=C)=C/C(CC)c2ccccc2SC)c1. The van der Waals surface area contributed by atoms with Gasteiger partial charge in [0.05, 0.1) is 0 Å². The Morgan fingerprint density at radius 1 is 1.00 bits per heavy atom. The van der Waals surface area contributed by atoms with Crippen LogP contribution in [-0.4, -0.2) is 6.26 Å². The Hall–Kier alpha value is -2.51.